The van der Waals surface area contributed by atoms with E-state index in [9.17, 15) is 13.2 Å². The van der Waals surface area contributed by atoms with Crippen LogP contribution in [0.15, 0.2) is 23.1 Å². The number of amides is 1. The Kier molecular flexibility index (Phi) is 7.87. The van der Waals surface area contributed by atoms with Crippen LogP contribution >= 0.6 is 12.4 Å². The lowest BCUT2D eigenvalue weighted by Gasteiger charge is -2.28. The summed E-state index contributed by atoms with van der Waals surface area (Å²) in [4.78, 5) is 13.7. The van der Waals surface area contributed by atoms with Gasteiger partial charge in [0.15, 0.2) is 0 Å². The van der Waals surface area contributed by atoms with E-state index in [1.54, 1.807) is 26.2 Å². The SMILES string of the molecule is COCC1(CNS(=O)(=O)c2ccc3c(c2)CCN(C(C)=O)CC3)CCCN1.Cl. The summed E-state index contributed by atoms with van der Waals surface area (Å²) >= 11 is 0. The van der Waals surface area contributed by atoms with Gasteiger partial charge in [0.2, 0.25) is 15.9 Å². The first-order chi connectivity index (χ1) is 12.9. The molecule has 0 radical (unpaired) electrons. The smallest absolute Gasteiger partial charge is 0.240 e. The van der Waals surface area contributed by atoms with Gasteiger partial charge in [-0.25, -0.2) is 13.1 Å². The average Bonchev–Trinajstić information content (AvgIpc) is 2.98. The van der Waals surface area contributed by atoms with Gasteiger partial charge in [0.25, 0.3) is 0 Å². The third-order valence-electron chi connectivity index (χ3n) is 5.59. The largest absolute Gasteiger partial charge is 0.383 e. The molecular weight excluding hydrogens is 402 g/mol. The van der Waals surface area contributed by atoms with Crippen LogP contribution in [0, 0.1) is 0 Å². The first kappa shape index (κ1) is 23.1. The minimum atomic E-state index is -3.61. The van der Waals surface area contributed by atoms with Crippen LogP contribution in [0.25, 0.3) is 0 Å². The second kappa shape index (κ2) is 9.54. The van der Waals surface area contributed by atoms with Gasteiger partial charge in [0, 0.05) is 33.7 Å². The minimum Gasteiger partial charge on any atom is -0.383 e. The van der Waals surface area contributed by atoms with Crippen molar-refractivity contribution in [3.05, 3.63) is 29.3 Å². The van der Waals surface area contributed by atoms with Crippen LogP contribution in [0.5, 0.6) is 0 Å². The maximum atomic E-state index is 12.8. The topological polar surface area (TPSA) is 87.7 Å². The third-order valence-corrected chi connectivity index (χ3v) is 6.99. The van der Waals surface area contributed by atoms with E-state index in [1.165, 1.54) is 0 Å². The van der Waals surface area contributed by atoms with Crippen LogP contribution in [-0.4, -0.2) is 64.7 Å². The Bertz CT molecular complexity index is 794. The molecule has 1 fully saturated rings. The van der Waals surface area contributed by atoms with Crippen molar-refractivity contribution in [3.8, 4) is 0 Å². The van der Waals surface area contributed by atoms with Crippen LogP contribution in [0.2, 0.25) is 0 Å². The molecule has 1 aromatic carbocycles. The first-order valence-electron chi connectivity index (χ1n) is 9.46. The van der Waals surface area contributed by atoms with Gasteiger partial charge in [-0.05, 0) is 55.5 Å². The fraction of sp³-hybridized carbons (Fsp3) is 0.632. The quantitative estimate of drug-likeness (QED) is 0.704. The Balaban J connectivity index is 0.00000280. The number of sulfonamides is 1. The molecule has 9 heteroatoms. The maximum absolute atomic E-state index is 12.8. The highest BCUT2D eigenvalue weighted by atomic mass is 35.5. The van der Waals surface area contributed by atoms with Crippen molar-refractivity contribution in [2.75, 3.05) is 39.9 Å². The van der Waals surface area contributed by atoms with Crippen molar-refractivity contribution in [2.24, 2.45) is 0 Å². The molecule has 1 aromatic rings. The normalized spacial score (nSPS) is 22.3. The van der Waals surface area contributed by atoms with Gasteiger partial charge in [-0.3, -0.25) is 4.79 Å². The molecule has 1 atom stereocenters. The molecule has 2 aliphatic rings. The predicted octanol–water partition coefficient (Wildman–Crippen LogP) is 1.10. The highest BCUT2D eigenvalue weighted by molar-refractivity contribution is 7.89. The molecular formula is C19H30ClN3O4S. The maximum Gasteiger partial charge on any atom is 0.240 e. The number of nitrogens with zero attached hydrogens (tertiary/aromatic N) is 1. The summed E-state index contributed by atoms with van der Waals surface area (Å²) in [6, 6.07) is 5.30. The molecule has 0 saturated carbocycles. The summed E-state index contributed by atoms with van der Waals surface area (Å²) in [5, 5.41) is 3.38. The van der Waals surface area contributed by atoms with E-state index in [0.717, 1.165) is 36.9 Å². The zero-order chi connectivity index (χ0) is 19.5. The van der Waals surface area contributed by atoms with Crippen molar-refractivity contribution in [1.82, 2.24) is 14.9 Å². The van der Waals surface area contributed by atoms with Crippen LogP contribution in [0.4, 0.5) is 0 Å². The molecule has 0 bridgehead atoms. The van der Waals surface area contributed by atoms with Gasteiger partial charge in [-0.2, -0.15) is 0 Å². The number of halogens is 1. The van der Waals surface area contributed by atoms with Crippen LogP contribution in [-0.2, 0) is 32.4 Å². The van der Waals surface area contributed by atoms with Gasteiger partial charge >= 0.3 is 0 Å². The van der Waals surface area contributed by atoms with E-state index in [4.69, 9.17) is 4.74 Å². The lowest BCUT2D eigenvalue weighted by molar-refractivity contribution is -0.128. The zero-order valence-corrected chi connectivity index (χ0v) is 18.1. The lowest BCUT2D eigenvalue weighted by Crippen LogP contribution is -2.52. The monoisotopic (exact) mass is 431 g/mol. The van der Waals surface area contributed by atoms with Crippen LogP contribution in [0.3, 0.4) is 0 Å². The Morgan fingerprint density at radius 1 is 1.29 bits per heavy atom. The van der Waals surface area contributed by atoms with Crippen molar-refractivity contribution in [1.29, 1.82) is 0 Å². The molecule has 0 aliphatic carbocycles. The number of hydrogen-bond donors (Lipinski definition) is 2. The fourth-order valence-corrected chi connectivity index (χ4v) is 5.15. The van der Waals surface area contributed by atoms with E-state index in [2.05, 4.69) is 10.0 Å². The van der Waals surface area contributed by atoms with E-state index in [1.807, 2.05) is 11.0 Å². The number of ether oxygens (including phenoxy) is 1. The zero-order valence-electron chi connectivity index (χ0n) is 16.5. The number of methoxy groups -OCH3 is 1. The third kappa shape index (κ3) is 5.24. The van der Waals surface area contributed by atoms with Gasteiger partial charge in [-0.1, -0.05) is 6.07 Å². The predicted molar refractivity (Wildman–Crippen MR) is 110 cm³/mol. The summed E-state index contributed by atoms with van der Waals surface area (Å²) in [6.07, 6.45) is 3.32. The molecule has 158 valence electrons. The summed E-state index contributed by atoms with van der Waals surface area (Å²) in [5.41, 5.74) is 1.79. The molecule has 2 N–H and O–H groups in total. The number of benzene rings is 1. The van der Waals surface area contributed by atoms with Gasteiger partial charge in [-0.15, -0.1) is 12.4 Å². The molecule has 2 heterocycles. The van der Waals surface area contributed by atoms with Crippen molar-refractivity contribution in [3.63, 3.8) is 0 Å². The Labute approximate surface area is 173 Å². The summed E-state index contributed by atoms with van der Waals surface area (Å²) < 4.78 is 33.7. The number of nitrogens with one attached hydrogen (secondary N) is 2. The molecule has 7 nitrogen and oxygen atoms in total. The Hall–Kier alpha value is -1.19. The van der Waals surface area contributed by atoms with E-state index in [-0.39, 0.29) is 28.7 Å². The molecule has 1 amide bonds. The van der Waals surface area contributed by atoms with Gasteiger partial charge in [0.1, 0.15) is 0 Å². The van der Waals surface area contributed by atoms with Gasteiger partial charge < -0.3 is 15.0 Å². The molecule has 0 spiro atoms. The lowest BCUT2D eigenvalue weighted by atomic mass is 9.99. The number of fused-ring (bicyclic) bond motifs is 1. The highest BCUT2D eigenvalue weighted by Crippen LogP contribution is 2.23. The average molecular weight is 432 g/mol. The second-order valence-electron chi connectivity index (χ2n) is 7.50. The van der Waals surface area contributed by atoms with Crippen molar-refractivity contribution in [2.45, 2.75) is 43.0 Å². The van der Waals surface area contributed by atoms with Crippen LogP contribution in [0.1, 0.15) is 30.9 Å². The standard InChI is InChI=1S/C19H29N3O4S.ClH/c1-15(23)22-10-6-16-4-5-18(12-17(16)7-11-22)27(24,25)21-13-19(14-26-2)8-3-9-20-19;/h4-5,12,20-21H,3,6-11,13-14H2,1-2H3;1H. The second-order valence-corrected chi connectivity index (χ2v) is 9.27. The van der Waals surface area contributed by atoms with Crippen molar-refractivity contribution >= 4 is 28.3 Å². The van der Waals surface area contributed by atoms with E-state index >= 15 is 0 Å². The minimum absolute atomic E-state index is 0. The Morgan fingerprint density at radius 2 is 2.00 bits per heavy atom. The van der Waals surface area contributed by atoms with E-state index in [0.29, 0.717) is 32.7 Å². The molecule has 1 unspecified atom stereocenters. The summed E-state index contributed by atoms with van der Waals surface area (Å²) in [5.74, 6) is 0.0600. The summed E-state index contributed by atoms with van der Waals surface area (Å²) in [7, 11) is -1.97. The van der Waals surface area contributed by atoms with Gasteiger partial charge in [0.05, 0.1) is 17.0 Å². The molecule has 0 aromatic heterocycles. The summed E-state index contributed by atoms with van der Waals surface area (Å²) in [6.45, 7) is 4.52. The molecule has 3 rings (SSSR count). The van der Waals surface area contributed by atoms with Crippen molar-refractivity contribution < 1.29 is 17.9 Å². The van der Waals surface area contributed by atoms with E-state index < -0.39 is 10.0 Å². The molecule has 2 aliphatic heterocycles. The van der Waals surface area contributed by atoms with Crippen LogP contribution < -0.4 is 10.0 Å². The number of carbonyl (C=O) groups is 1. The molecule has 1 saturated heterocycles. The number of hydrogen-bond acceptors (Lipinski definition) is 5. The molecule has 28 heavy (non-hydrogen) atoms. The fourth-order valence-electron chi connectivity index (χ4n) is 3.97. The number of carbonyl (C=O) groups excluding carboxylic acids is 1. The first-order valence-corrected chi connectivity index (χ1v) is 10.9. The Morgan fingerprint density at radius 3 is 2.61 bits per heavy atom. The highest BCUT2D eigenvalue weighted by Gasteiger charge is 2.35. The number of rotatable bonds is 6.